The summed E-state index contributed by atoms with van der Waals surface area (Å²) in [5.74, 6) is 0. The Hall–Kier alpha value is -1.33. The summed E-state index contributed by atoms with van der Waals surface area (Å²) < 4.78 is 0. The van der Waals surface area contributed by atoms with E-state index in [0.717, 1.165) is 6.54 Å². The fourth-order valence-electron chi connectivity index (χ4n) is 1.11. The Morgan fingerprint density at radius 2 is 2.00 bits per heavy atom. The van der Waals surface area contributed by atoms with Gasteiger partial charge in [0.15, 0.2) is 0 Å². The van der Waals surface area contributed by atoms with Crippen LogP contribution in [0.15, 0.2) is 30.3 Å². The second-order valence-corrected chi connectivity index (χ2v) is 3.21. The van der Waals surface area contributed by atoms with Gasteiger partial charge in [-0.15, -0.1) is 0 Å². The van der Waals surface area contributed by atoms with E-state index >= 15 is 0 Å². The molecule has 1 unspecified atom stereocenters. The fraction of sp³-hybridized carbons (Fsp3) is 0.364. The molecule has 1 atom stereocenters. The van der Waals surface area contributed by atoms with Gasteiger partial charge in [0, 0.05) is 6.54 Å². The maximum Gasteiger partial charge on any atom is 0.0949 e. The molecule has 0 aromatic heterocycles. The average molecular weight is 174 g/mol. The van der Waals surface area contributed by atoms with E-state index < -0.39 is 0 Å². The Morgan fingerprint density at radius 3 is 2.54 bits per heavy atom. The van der Waals surface area contributed by atoms with Gasteiger partial charge in [0.2, 0.25) is 0 Å². The maximum absolute atomic E-state index is 8.69. The molecule has 0 heterocycles. The summed E-state index contributed by atoms with van der Waals surface area (Å²) in [7, 11) is 1.96. The molecule has 1 aromatic carbocycles. The van der Waals surface area contributed by atoms with E-state index in [0.29, 0.717) is 0 Å². The number of nitriles is 1. The summed E-state index contributed by atoms with van der Waals surface area (Å²) in [6.45, 7) is 2.73. The predicted molar refractivity (Wildman–Crippen MR) is 53.0 cm³/mol. The third kappa shape index (κ3) is 2.89. The molecule has 2 heteroatoms. The lowest BCUT2D eigenvalue weighted by Gasteiger charge is -2.18. The van der Waals surface area contributed by atoms with E-state index in [1.165, 1.54) is 5.56 Å². The Labute approximate surface area is 79.4 Å². The maximum atomic E-state index is 8.69. The summed E-state index contributed by atoms with van der Waals surface area (Å²) >= 11 is 0. The van der Waals surface area contributed by atoms with Crippen molar-refractivity contribution in [3.63, 3.8) is 0 Å². The first-order valence-corrected chi connectivity index (χ1v) is 4.38. The van der Waals surface area contributed by atoms with Crippen molar-refractivity contribution in [2.24, 2.45) is 0 Å². The van der Waals surface area contributed by atoms with Crippen LogP contribution in [0.4, 0.5) is 0 Å². The zero-order chi connectivity index (χ0) is 9.68. The van der Waals surface area contributed by atoms with Crippen molar-refractivity contribution in [1.29, 1.82) is 5.26 Å². The lowest BCUT2D eigenvalue weighted by atomic mass is 10.2. The van der Waals surface area contributed by atoms with Gasteiger partial charge in [0.25, 0.3) is 0 Å². The summed E-state index contributed by atoms with van der Waals surface area (Å²) in [5, 5.41) is 8.69. The summed E-state index contributed by atoms with van der Waals surface area (Å²) in [4.78, 5) is 2.02. The fourth-order valence-corrected chi connectivity index (χ4v) is 1.11. The van der Waals surface area contributed by atoms with Crippen LogP contribution >= 0.6 is 0 Å². The second kappa shape index (κ2) is 4.64. The lowest BCUT2D eigenvalue weighted by Crippen LogP contribution is -2.26. The molecule has 13 heavy (non-hydrogen) atoms. The summed E-state index contributed by atoms with van der Waals surface area (Å²) in [6, 6.07) is 12.3. The smallest absolute Gasteiger partial charge is 0.0949 e. The second-order valence-electron chi connectivity index (χ2n) is 3.21. The van der Waals surface area contributed by atoms with Crippen LogP contribution in [0.5, 0.6) is 0 Å². The van der Waals surface area contributed by atoms with E-state index in [4.69, 9.17) is 5.26 Å². The van der Waals surface area contributed by atoms with Gasteiger partial charge >= 0.3 is 0 Å². The molecule has 0 aliphatic heterocycles. The molecule has 0 aliphatic rings. The number of hydrogen-bond acceptors (Lipinski definition) is 2. The van der Waals surface area contributed by atoms with Gasteiger partial charge in [-0.2, -0.15) is 5.26 Å². The minimum absolute atomic E-state index is 0.0276. The lowest BCUT2D eigenvalue weighted by molar-refractivity contribution is 0.294. The molecule has 0 aliphatic carbocycles. The van der Waals surface area contributed by atoms with Crippen LogP contribution in [0.1, 0.15) is 12.5 Å². The monoisotopic (exact) mass is 174 g/mol. The van der Waals surface area contributed by atoms with Crippen LogP contribution in [0.3, 0.4) is 0 Å². The topological polar surface area (TPSA) is 27.0 Å². The highest BCUT2D eigenvalue weighted by molar-refractivity contribution is 5.14. The first-order chi connectivity index (χ1) is 6.24. The van der Waals surface area contributed by atoms with Gasteiger partial charge in [-0.05, 0) is 19.5 Å². The molecule has 0 bridgehead atoms. The standard InChI is InChI=1S/C11H14N2/c1-10(8-12)13(2)9-11-6-4-3-5-7-11/h3-7,10H,9H2,1-2H3. The Bertz CT molecular complexity index is 287. The minimum Gasteiger partial charge on any atom is -0.287 e. The third-order valence-electron chi connectivity index (χ3n) is 2.12. The van der Waals surface area contributed by atoms with Gasteiger partial charge in [-0.25, -0.2) is 0 Å². The molecule has 68 valence electrons. The molecule has 0 saturated carbocycles. The van der Waals surface area contributed by atoms with Crippen LogP contribution in [0, 0.1) is 11.3 Å². The normalized spacial score (nSPS) is 12.5. The van der Waals surface area contributed by atoms with E-state index in [1.807, 2.05) is 37.1 Å². The quantitative estimate of drug-likeness (QED) is 0.701. The van der Waals surface area contributed by atoms with Crippen molar-refractivity contribution in [2.45, 2.75) is 19.5 Å². The number of benzene rings is 1. The van der Waals surface area contributed by atoms with Crippen molar-refractivity contribution in [1.82, 2.24) is 4.90 Å². The summed E-state index contributed by atoms with van der Waals surface area (Å²) in [6.07, 6.45) is 0. The highest BCUT2D eigenvalue weighted by atomic mass is 15.1. The van der Waals surface area contributed by atoms with Gasteiger partial charge in [0.1, 0.15) is 0 Å². The summed E-state index contributed by atoms with van der Waals surface area (Å²) in [5.41, 5.74) is 1.24. The zero-order valence-corrected chi connectivity index (χ0v) is 8.07. The van der Waals surface area contributed by atoms with Crippen molar-refractivity contribution in [3.05, 3.63) is 35.9 Å². The molecule has 0 N–H and O–H groups in total. The number of rotatable bonds is 3. The van der Waals surface area contributed by atoms with Crippen molar-refractivity contribution in [3.8, 4) is 6.07 Å². The van der Waals surface area contributed by atoms with E-state index in [-0.39, 0.29) is 6.04 Å². The molecule has 0 radical (unpaired) electrons. The molecule has 1 aromatic rings. The van der Waals surface area contributed by atoms with Crippen molar-refractivity contribution >= 4 is 0 Å². The van der Waals surface area contributed by atoms with Crippen LogP contribution in [-0.4, -0.2) is 18.0 Å². The van der Waals surface area contributed by atoms with Gasteiger partial charge in [0.05, 0.1) is 12.1 Å². The number of hydrogen-bond donors (Lipinski definition) is 0. The first kappa shape index (κ1) is 9.76. The predicted octanol–water partition coefficient (Wildman–Crippen LogP) is 2.03. The molecule has 2 nitrogen and oxygen atoms in total. The SMILES string of the molecule is CC(C#N)N(C)Cc1ccccc1. The number of nitrogens with zero attached hydrogens (tertiary/aromatic N) is 2. The van der Waals surface area contributed by atoms with Crippen molar-refractivity contribution in [2.75, 3.05) is 7.05 Å². The molecular weight excluding hydrogens is 160 g/mol. The molecule has 0 amide bonds. The van der Waals surface area contributed by atoms with E-state index in [1.54, 1.807) is 0 Å². The Morgan fingerprint density at radius 1 is 1.38 bits per heavy atom. The van der Waals surface area contributed by atoms with Crippen LogP contribution in [0.25, 0.3) is 0 Å². The van der Waals surface area contributed by atoms with E-state index in [9.17, 15) is 0 Å². The first-order valence-electron chi connectivity index (χ1n) is 4.38. The Kier molecular flexibility index (Phi) is 3.48. The molecule has 1 rings (SSSR count). The van der Waals surface area contributed by atoms with Crippen LogP contribution in [-0.2, 0) is 6.54 Å². The minimum atomic E-state index is -0.0276. The molecular formula is C11H14N2. The van der Waals surface area contributed by atoms with Gasteiger partial charge < -0.3 is 0 Å². The highest BCUT2D eigenvalue weighted by Crippen LogP contribution is 2.04. The van der Waals surface area contributed by atoms with E-state index in [2.05, 4.69) is 18.2 Å². The molecule has 0 spiro atoms. The highest BCUT2D eigenvalue weighted by Gasteiger charge is 2.06. The van der Waals surface area contributed by atoms with Gasteiger partial charge in [-0.1, -0.05) is 30.3 Å². The largest absolute Gasteiger partial charge is 0.287 e. The van der Waals surface area contributed by atoms with Crippen LogP contribution < -0.4 is 0 Å². The van der Waals surface area contributed by atoms with Crippen LogP contribution in [0.2, 0.25) is 0 Å². The Balaban J connectivity index is 2.56. The average Bonchev–Trinajstić information content (AvgIpc) is 2.18. The molecule has 0 fully saturated rings. The zero-order valence-electron chi connectivity index (χ0n) is 8.07. The van der Waals surface area contributed by atoms with Gasteiger partial charge in [-0.3, -0.25) is 4.90 Å². The third-order valence-corrected chi connectivity index (χ3v) is 2.12. The molecule has 0 saturated heterocycles. The van der Waals surface area contributed by atoms with Crippen molar-refractivity contribution < 1.29 is 0 Å².